The number of aromatic nitrogens is 4. The standard InChI is InChI=1S/C40H53F2N11O2/c1-39(2)23-40(3,4)36(39)49-35(54)25-18-45-37(46-19-25)51-13-9-27(10-14-51)48-31-11-15-52(38(55)44-5)22-30(31)34(43)53-12-7-8-24-16-28(26-20-47-50(6)21-26)29(33(41)42)17-32(24)53/h16-21,27,33,36,43,48H,7-15,22-23H2,1-6H3,(H,44,55)(H,49,54). The van der Waals surface area contributed by atoms with Gasteiger partial charge in [-0.25, -0.2) is 23.5 Å². The van der Waals surface area contributed by atoms with Gasteiger partial charge in [0.15, 0.2) is 0 Å². The van der Waals surface area contributed by atoms with Gasteiger partial charge >= 0.3 is 6.03 Å². The number of halogens is 2. The van der Waals surface area contributed by atoms with E-state index in [1.54, 1.807) is 48.5 Å². The Kier molecular flexibility index (Phi) is 10.3. The zero-order valence-corrected chi connectivity index (χ0v) is 32.7. The van der Waals surface area contributed by atoms with Crippen molar-refractivity contribution in [2.75, 3.05) is 49.6 Å². The van der Waals surface area contributed by atoms with Crippen molar-refractivity contribution in [2.45, 2.75) is 84.7 Å². The number of aryl methyl sites for hydroxylation is 2. The van der Waals surface area contributed by atoms with Gasteiger partial charge in [0, 0.05) is 105 Å². The van der Waals surface area contributed by atoms with Crippen molar-refractivity contribution in [3.8, 4) is 11.1 Å². The molecule has 3 amide bonds. The molecule has 0 atom stereocenters. The van der Waals surface area contributed by atoms with E-state index in [1.165, 1.54) is 6.07 Å². The Hall–Kier alpha value is -5.08. The Morgan fingerprint density at radius 2 is 1.69 bits per heavy atom. The van der Waals surface area contributed by atoms with Gasteiger partial charge in [-0.15, -0.1) is 0 Å². The van der Waals surface area contributed by atoms with Gasteiger partial charge in [-0.3, -0.25) is 14.9 Å². The van der Waals surface area contributed by atoms with Crippen LogP contribution in [0.2, 0.25) is 0 Å². The highest BCUT2D eigenvalue weighted by molar-refractivity contribution is 6.09. The van der Waals surface area contributed by atoms with E-state index >= 15 is 0 Å². The van der Waals surface area contributed by atoms with Crippen molar-refractivity contribution in [3.05, 3.63) is 64.9 Å². The van der Waals surface area contributed by atoms with E-state index in [1.807, 2.05) is 11.0 Å². The molecule has 1 aliphatic carbocycles. The summed E-state index contributed by atoms with van der Waals surface area (Å²) in [7, 11) is 3.35. The third kappa shape index (κ3) is 7.62. The minimum atomic E-state index is -2.71. The lowest BCUT2D eigenvalue weighted by Crippen LogP contribution is -2.63. The van der Waals surface area contributed by atoms with Crippen LogP contribution in [0.3, 0.4) is 0 Å². The van der Waals surface area contributed by atoms with Crippen molar-refractivity contribution in [1.82, 2.24) is 40.6 Å². The second-order valence-corrected chi connectivity index (χ2v) is 16.8. The molecule has 0 radical (unpaired) electrons. The number of anilines is 2. The van der Waals surface area contributed by atoms with Crippen LogP contribution in [-0.4, -0.2) is 94.3 Å². The summed E-state index contributed by atoms with van der Waals surface area (Å²) in [6, 6.07) is 3.33. The average Bonchev–Trinajstić information content (AvgIpc) is 3.61. The van der Waals surface area contributed by atoms with E-state index in [0.29, 0.717) is 72.9 Å². The molecule has 0 unspecified atom stereocenters. The fourth-order valence-electron chi connectivity index (χ4n) is 9.49. The third-order valence-corrected chi connectivity index (χ3v) is 11.8. The van der Waals surface area contributed by atoms with Gasteiger partial charge in [-0.2, -0.15) is 5.10 Å². The first-order valence-electron chi connectivity index (χ1n) is 19.3. The Balaban J connectivity index is 1.06. The monoisotopic (exact) mass is 757 g/mol. The van der Waals surface area contributed by atoms with E-state index in [2.05, 4.69) is 63.6 Å². The van der Waals surface area contributed by atoms with E-state index in [4.69, 9.17) is 0 Å². The fraction of sp³-hybridized carbons (Fsp3) is 0.550. The molecule has 3 aromatic rings. The summed E-state index contributed by atoms with van der Waals surface area (Å²) >= 11 is 0. The number of amides is 3. The molecule has 1 saturated heterocycles. The number of alkyl halides is 2. The van der Waals surface area contributed by atoms with E-state index in [-0.39, 0.29) is 52.8 Å². The minimum absolute atomic E-state index is 0.0432. The summed E-state index contributed by atoms with van der Waals surface area (Å²) in [4.78, 5) is 40.6. The zero-order chi connectivity index (χ0) is 39.2. The average molecular weight is 758 g/mol. The van der Waals surface area contributed by atoms with Crippen LogP contribution in [0.4, 0.5) is 25.2 Å². The molecule has 55 heavy (non-hydrogen) atoms. The fourth-order valence-corrected chi connectivity index (χ4v) is 9.49. The lowest BCUT2D eigenvalue weighted by Gasteiger charge is -2.57. The molecular weight excluding hydrogens is 705 g/mol. The van der Waals surface area contributed by atoms with Gasteiger partial charge in [0.05, 0.1) is 18.3 Å². The minimum Gasteiger partial charge on any atom is -0.385 e. The van der Waals surface area contributed by atoms with Gasteiger partial charge in [0.2, 0.25) is 5.95 Å². The maximum absolute atomic E-state index is 14.6. The summed E-state index contributed by atoms with van der Waals surface area (Å²) in [6.07, 6.45) is 8.47. The molecule has 3 aliphatic heterocycles. The van der Waals surface area contributed by atoms with Gasteiger partial charge < -0.3 is 30.7 Å². The molecule has 15 heteroatoms. The summed E-state index contributed by atoms with van der Waals surface area (Å²) in [5.74, 6) is 0.638. The van der Waals surface area contributed by atoms with Crippen molar-refractivity contribution >= 4 is 29.4 Å². The number of carbonyl (C=O) groups is 2. The third-order valence-electron chi connectivity index (χ3n) is 11.8. The number of hydrogen-bond donors (Lipinski definition) is 4. The largest absolute Gasteiger partial charge is 0.385 e. The first-order valence-corrected chi connectivity index (χ1v) is 19.3. The normalized spacial score (nSPS) is 19.9. The van der Waals surface area contributed by atoms with Crippen molar-refractivity contribution in [1.29, 1.82) is 5.41 Å². The summed E-state index contributed by atoms with van der Waals surface area (Å²) < 4.78 is 30.7. The molecule has 13 nitrogen and oxygen atoms in total. The number of piperidine rings is 1. The van der Waals surface area contributed by atoms with Crippen molar-refractivity contribution < 1.29 is 18.4 Å². The molecular formula is C40H53F2N11O2. The summed E-state index contributed by atoms with van der Waals surface area (Å²) in [5, 5.41) is 23.4. The lowest BCUT2D eigenvalue weighted by atomic mass is 9.52. The van der Waals surface area contributed by atoms with Gasteiger partial charge in [-0.05, 0) is 66.2 Å². The van der Waals surface area contributed by atoms with Crippen LogP contribution in [0, 0.1) is 16.2 Å². The Labute approximate surface area is 321 Å². The number of carbonyl (C=O) groups excluding carboxylic acids is 2. The number of urea groups is 1. The van der Waals surface area contributed by atoms with Crippen molar-refractivity contribution in [2.24, 2.45) is 17.9 Å². The highest BCUT2D eigenvalue weighted by atomic mass is 19.3. The number of nitrogens with zero attached hydrogens (tertiary/aromatic N) is 7. The smallest absolute Gasteiger partial charge is 0.317 e. The molecule has 0 bridgehead atoms. The number of rotatable bonds is 8. The van der Waals surface area contributed by atoms with Crippen LogP contribution in [0.5, 0.6) is 0 Å². The van der Waals surface area contributed by atoms with Crippen LogP contribution in [0.25, 0.3) is 11.1 Å². The molecule has 2 fully saturated rings. The highest BCUT2D eigenvalue weighted by Gasteiger charge is 2.53. The number of amidine groups is 1. The molecule has 5 heterocycles. The van der Waals surface area contributed by atoms with E-state index in [0.717, 1.165) is 36.9 Å². The lowest BCUT2D eigenvalue weighted by molar-refractivity contribution is -0.0366. The molecule has 294 valence electrons. The SMILES string of the molecule is CNC(=O)N1CCC(NC2CCN(c3ncc(C(=O)NC4C(C)(C)CC4(C)C)cn3)CC2)=C(C(=N)N2CCCc3cc(-c4cnn(C)c4)c(C(F)F)cc32)C1. The first kappa shape index (κ1) is 38.2. The quantitative estimate of drug-likeness (QED) is 0.170. The molecule has 2 aromatic heterocycles. The number of benzene rings is 1. The Morgan fingerprint density at radius 1 is 0.982 bits per heavy atom. The summed E-state index contributed by atoms with van der Waals surface area (Å²) in [5.41, 5.74) is 4.62. The van der Waals surface area contributed by atoms with Crippen molar-refractivity contribution in [3.63, 3.8) is 0 Å². The summed E-state index contributed by atoms with van der Waals surface area (Å²) in [6.45, 7) is 11.3. The molecule has 4 N–H and O–H groups in total. The maximum Gasteiger partial charge on any atom is 0.317 e. The molecule has 7 rings (SSSR count). The maximum atomic E-state index is 14.6. The Morgan fingerprint density at radius 3 is 2.31 bits per heavy atom. The Bertz CT molecular complexity index is 1970. The topological polar surface area (TPSA) is 147 Å². The molecule has 1 saturated carbocycles. The van der Waals surface area contributed by atoms with Crippen LogP contribution in [0.1, 0.15) is 87.7 Å². The van der Waals surface area contributed by atoms with Gasteiger partial charge in [-0.1, -0.05) is 27.7 Å². The van der Waals surface area contributed by atoms with E-state index < -0.39 is 6.43 Å². The van der Waals surface area contributed by atoms with Gasteiger partial charge in [0.1, 0.15) is 5.84 Å². The zero-order valence-electron chi connectivity index (χ0n) is 32.7. The van der Waals surface area contributed by atoms with Crippen LogP contribution < -0.4 is 25.8 Å². The highest BCUT2D eigenvalue weighted by Crippen LogP contribution is 2.53. The second kappa shape index (κ2) is 14.9. The molecule has 0 spiro atoms. The molecule has 4 aliphatic rings. The van der Waals surface area contributed by atoms with E-state index in [9.17, 15) is 23.8 Å². The molecule has 1 aromatic carbocycles. The van der Waals surface area contributed by atoms with Crippen LogP contribution in [-0.2, 0) is 13.5 Å². The number of nitrogens with one attached hydrogen (secondary N) is 4. The number of fused-ring (bicyclic) bond motifs is 1. The van der Waals surface area contributed by atoms with Crippen LogP contribution >= 0.6 is 0 Å². The van der Waals surface area contributed by atoms with Gasteiger partial charge in [0.25, 0.3) is 12.3 Å². The predicted molar refractivity (Wildman–Crippen MR) is 209 cm³/mol. The number of hydrogen-bond acceptors (Lipinski definition) is 8. The predicted octanol–water partition coefficient (Wildman–Crippen LogP) is 5.66. The second-order valence-electron chi connectivity index (χ2n) is 16.8. The first-order chi connectivity index (χ1) is 26.1. The van der Waals surface area contributed by atoms with Crippen LogP contribution in [0.15, 0.2) is 48.2 Å².